The Hall–Kier alpha value is -1.03. The summed E-state index contributed by atoms with van der Waals surface area (Å²) in [7, 11) is 2.21. The standard InChI is InChI=1S/C38H66N3O5/c1-30(37(2,3)4)40(5)26-34-27-41(35-8-6-7-19-46-35)39-36(34)33-9-17-38(18-10-33,28-44-24-15-31-11-20-42-21-12-31)29-45-25-16-32-13-22-43-23-14-32/h27,30-33,35H,1,6-26,28-29H2,2-5H3. The van der Waals surface area contributed by atoms with E-state index in [0.29, 0.717) is 5.92 Å². The SMILES string of the molecule is [CH2]C(N(C)Cc1cn(C2CCCCO2)nc1C1CCC(COCCC2CCOCC2)(COCCC2CCOCC2)CC1)C(C)(C)C. The van der Waals surface area contributed by atoms with Crippen LogP contribution in [0.5, 0.6) is 0 Å². The van der Waals surface area contributed by atoms with Crippen LogP contribution >= 0.6 is 0 Å². The topological polar surface area (TPSA) is 67.2 Å². The molecule has 1 radical (unpaired) electrons. The second-order valence-corrected chi connectivity index (χ2v) is 16.2. The summed E-state index contributed by atoms with van der Waals surface area (Å²) in [6.45, 7) is 20.0. The van der Waals surface area contributed by atoms with Gasteiger partial charge in [0.25, 0.3) is 0 Å². The number of aromatic nitrogens is 2. The van der Waals surface area contributed by atoms with Crippen LogP contribution < -0.4 is 0 Å². The molecule has 4 fully saturated rings. The number of rotatable bonds is 15. The van der Waals surface area contributed by atoms with Gasteiger partial charge >= 0.3 is 0 Å². The molecule has 0 N–H and O–H groups in total. The van der Waals surface area contributed by atoms with Crippen molar-refractivity contribution in [2.75, 3.05) is 66.5 Å². The molecule has 8 nitrogen and oxygen atoms in total. The maximum atomic E-state index is 6.50. The quantitative estimate of drug-likeness (QED) is 0.183. The first kappa shape index (κ1) is 36.3. The minimum Gasteiger partial charge on any atom is -0.381 e. The molecule has 8 heteroatoms. The van der Waals surface area contributed by atoms with Crippen LogP contribution in [0.1, 0.15) is 128 Å². The summed E-state index contributed by atoms with van der Waals surface area (Å²) >= 11 is 0. The van der Waals surface area contributed by atoms with Gasteiger partial charge in [0.1, 0.15) is 6.23 Å². The van der Waals surface area contributed by atoms with Gasteiger partial charge in [-0.15, -0.1) is 0 Å². The van der Waals surface area contributed by atoms with Crippen molar-refractivity contribution in [3.8, 4) is 0 Å². The van der Waals surface area contributed by atoms with Gasteiger partial charge in [-0.2, -0.15) is 5.10 Å². The molecule has 263 valence electrons. The molecule has 0 amide bonds. The van der Waals surface area contributed by atoms with E-state index >= 15 is 0 Å². The van der Waals surface area contributed by atoms with Crippen LogP contribution in [-0.4, -0.2) is 87.2 Å². The van der Waals surface area contributed by atoms with Gasteiger partial charge < -0.3 is 23.7 Å². The van der Waals surface area contributed by atoms with Gasteiger partial charge in [0.05, 0.1) is 18.9 Å². The summed E-state index contributed by atoms with van der Waals surface area (Å²) in [6.07, 6.45) is 17.2. The Morgan fingerprint density at radius 3 is 2.00 bits per heavy atom. The van der Waals surface area contributed by atoms with Crippen LogP contribution in [0.2, 0.25) is 0 Å². The van der Waals surface area contributed by atoms with Crippen molar-refractivity contribution in [2.24, 2.45) is 22.7 Å². The molecule has 1 aromatic heterocycles. The molecule has 2 atom stereocenters. The molecular formula is C38H66N3O5. The Morgan fingerprint density at radius 2 is 1.48 bits per heavy atom. The highest BCUT2D eigenvalue weighted by atomic mass is 16.5. The predicted octanol–water partition coefficient (Wildman–Crippen LogP) is 7.57. The van der Waals surface area contributed by atoms with Gasteiger partial charge in [-0.25, -0.2) is 4.68 Å². The van der Waals surface area contributed by atoms with E-state index in [0.717, 1.165) is 129 Å². The summed E-state index contributed by atoms with van der Waals surface area (Å²) in [4.78, 5) is 2.40. The molecule has 4 aliphatic rings. The van der Waals surface area contributed by atoms with E-state index in [4.69, 9.17) is 28.8 Å². The van der Waals surface area contributed by atoms with E-state index in [2.05, 4.69) is 50.5 Å². The van der Waals surface area contributed by atoms with Crippen LogP contribution in [0.3, 0.4) is 0 Å². The molecule has 0 bridgehead atoms. The third-order valence-corrected chi connectivity index (χ3v) is 11.5. The number of hydrogen-bond donors (Lipinski definition) is 0. The van der Waals surface area contributed by atoms with E-state index in [1.54, 1.807) is 0 Å². The molecule has 0 spiro atoms. The van der Waals surface area contributed by atoms with Gasteiger partial charge in [0.15, 0.2) is 0 Å². The Kier molecular flexibility index (Phi) is 13.9. The van der Waals surface area contributed by atoms with Crippen molar-refractivity contribution in [3.05, 3.63) is 24.4 Å². The second kappa shape index (κ2) is 17.6. The zero-order valence-corrected chi connectivity index (χ0v) is 29.8. The van der Waals surface area contributed by atoms with Crippen molar-refractivity contribution < 1.29 is 23.7 Å². The van der Waals surface area contributed by atoms with E-state index < -0.39 is 0 Å². The van der Waals surface area contributed by atoms with Crippen molar-refractivity contribution in [1.29, 1.82) is 0 Å². The first-order chi connectivity index (χ1) is 22.2. The van der Waals surface area contributed by atoms with E-state index in [9.17, 15) is 0 Å². The Balaban J connectivity index is 1.23. The zero-order valence-electron chi connectivity index (χ0n) is 29.8. The lowest BCUT2D eigenvalue weighted by Crippen LogP contribution is -2.39. The maximum Gasteiger partial charge on any atom is 0.150 e. The first-order valence-electron chi connectivity index (χ1n) is 18.8. The van der Waals surface area contributed by atoms with Crippen LogP contribution in [0, 0.1) is 29.6 Å². The minimum absolute atomic E-state index is 0.0562. The summed E-state index contributed by atoms with van der Waals surface area (Å²) in [5.41, 5.74) is 2.81. The lowest BCUT2D eigenvalue weighted by atomic mass is 9.70. The van der Waals surface area contributed by atoms with Crippen molar-refractivity contribution in [3.63, 3.8) is 0 Å². The van der Waals surface area contributed by atoms with Crippen molar-refractivity contribution in [2.45, 2.75) is 129 Å². The lowest BCUT2D eigenvalue weighted by molar-refractivity contribution is -0.0532. The smallest absolute Gasteiger partial charge is 0.150 e. The average molecular weight is 645 g/mol. The minimum atomic E-state index is 0.0562. The summed E-state index contributed by atoms with van der Waals surface area (Å²) in [5.74, 6) is 1.93. The highest BCUT2D eigenvalue weighted by molar-refractivity contribution is 5.23. The third kappa shape index (κ3) is 10.5. The van der Waals surface area contributed by atoms with E-state index in [-0.39, 0.29) is 23.1 Å². The number of nitrogens with zero attached hydrogens (tertiary/aromatic N) is 3. The molecular weight excluding hydrogens is 578 g/mol. The highest BCUT2D eigenvalue weighted by Crippen LogP contribution is 2.45. The zero-order chi connectivity index (χ0) is 32.4. The van der Waals surface area contributed by atoms with Gasteiger partial charge in [-0.05, 0) is 115 Å². The number of ether oxygens (including phenoxy) is 5. The molecule has 1 aromatic rings. The van der Waals surface area contributed by atoms with E-state index in [1.165, 1.54) is 43.4 Å². The van der Waals surface area contributed by atoms with Crippen molar-refractivity contribution >= 4 is 0 Å². The molecule has 46 heavy (non-hydrogen) atoms. The fraction of sp³-hybridized carbons (Fsp3) is 0.895. The van der Waals surface area contributed by atoms with E-state index in [1.807, 2.05) is 0 Å². The molecule has 2 unspecified atom stereocenters. The number of hydrogen-bond acceptors (Lipinski definition) is 7. The van der Waals surface area contributed by atoms with Gasteiger partial charge in [0, 0.05) is 81.9 Å². The Bertz CT molecular complexity index is 970. The predicted molar refractivity (Wildman–Crippen MR) is 183 cm³/mol. The lowest BCUT2D eigenvalue weighted by Gasteiger charge is -2.40. The molecule has 1 saturated carbocycles. The molecule has 0 aromatic carbocycles. The van der Waals surface area contributed by atoms with Crippen LogP contribution in [0.25, 0.3) is 0 Å². The summed E-state index contributed by atoms with van der Waals surface area (Å²) < 4.78 is 32.5. The summed E-state index contributed by atoms with van der Waals surface area (Å²) in [5, 5.41) is 5.30. The highest BCUT2D eigenvalue weighted by Gasteiger charge is 2.39. The van der Waals surface area contributed by atoms with Gasteiger partial charge in [0.2, 0.25) is 0 Å². The molecule has 3 aliphatic heterocycles. The normalized spacial score (nSPS) is 24.9. The van der Waals surface area contributed by atoms with Crippen LogP contribution in [0.15, 0.2) is 6.20 Å². The van der Waals surface area contributed by atoms with Crippen molar-refractivity contribution in [1.82, 2.24) is 14.7 Å². The van der Waals surface area contributed by atoms with Gasteiger partial charge in [-0.1, -0.05) is 20.8 Å². The largest absolute Gasteiger partial charge is 0.381 e. The fourth-order valence-corrected chi connectivity index (χ4v) is 8.01. The van der Waals surface area contributed by atoms with Crippen LogP contribution in [-0.2, 0) is 30.2 Å². The first-order valence-corrected chi connectivity index (χ1v) is 18.8. The maximum absolute atomic E-state index is 6.50. The molecule has 5 rings (SSSR count). The monoisotopic (exact) mass is 645 g/mol. The Morgan fingerprint density at radius 1 is 0.891 bits per heavy atom. The molecule has 4 heterocycles. The Labute approximate surface area is 280 Å². The fourth-order valence-electron chi connectivity index (χ4n) is 8.01. The average Bonchev–Trinajstić information content (AvgIpc) is 3.49. The molecule has 1 aliphatic carbocycles. The second-order valence-electron chi connectivity index (χ2n) is 16.2. The van der Waals surface area contributed by atoms with Gasteiger partial charge in [-0.3, -0.25) is 4.90 Å². The summed E-state index contributed by atoms with van der Waals surface area (Å²) in [6, 6.07) is 0.213. The third-order valence-electron chi connectivity index (χ3n) is 11.5. The molecule has 3 saturated heterocycles. The van der Waals surface area contributed by atoms with Crippen LogP contribution in [0.4, 0.5) is 0 Å².